The molecule has 2 fully saturated rings. The SMILES string of the molecule is CC[C@H](NC(=O)[C@H]1[C@H]2CC[C@@H](C2)[C@@H]1C(=O)[O-])c1ccccc1. The Morgan fingerprint density at radius 2 is 1.82 bits per heavy atom. The Morgan fingerprint density at radius 1 is 1.18 bits per heavy atom. The van der Waals surface area contributed by atoms with Crippen LogP contribution >= 0.6 is 0 Å². The van der Waals surface area contributed by atoms with Gasteiger partial charge in [0, 0.05) is 17.8 Å². The van der Waals surface area contributed by atoms with Crippen LogP contribution in [0.5, 0.6) is 0 Å². The van der Waals surface area contributed by atoms with E-state index in [1.807, 2.05) is 37.3 Å². The normalized spacial score (nSPS) is 31.0. The molecule has 0 spiro atoms. The second-order valence-electron chi connectivity index (χ2n) is 6.58. The summed E-state index contributed by atoms with van der Waals surface area (Å²) < 4.78 is 0. The zero-order chi connectivity index (χ0) is 15.7. The fourth-order valence-electron chi connectivity index (χ4n) is 4.38. The third kappa shape index (κ3) is 2.62. The molecule has 0 aliphatic heterocycles. The molecule has 4 heteroatoms. The number of aliphatic carboxylic acids is 1. The monoisotopic (exact) mass is 300 g/mol. The zero-order valence-electron chi connectivity index (χ0n) is 12.8. The van der Waals surface area contributed by atoms with Gasteiger partial charge in [0.1, 0.15) is 0 Å². The van der Waals surface area contributed by atoms with E-state index in [0.29, 0.717) is 0 Å². The summed E-state index contributed by atoms with van der Waals surface area (Å²) in [7, 11) is 0. The van der Waals surface area contributed by atoms with E-state index in [4.69, 9.17) is 0 Å². The average molecular weight is 300 g/mol. The van der Waals surface area contributed by atoms with Crippen LogP contribution in [0.3, 0.4) is 0 Å². The Balaban J connectivity index is 1.74. The van der Waals surface area contributed by atoms with Gasteiger partial charge in [0.15, 0.2) is 0 Å². The maximum atomic E-state index is 12.7. The fraction of sp³-hybridized carbons (Fsp3) is 0.556. The van der Waals surface area contributed by atoms with Crippen molar-refractivity contribution in [2.75, 3.05) is 0 Å². The third-order valence-electron chi connectivity index (χ3n) is 5.42. The minimum Gasteiger partial charge on any atom is -0.550 e. The molecule has 5 atom stereocenters. The first-order valence-corrected chi connectivity index (χ1v) is 8.18. The van der Waals surface area contributed by atoms with Gasteiger partial charge in [-0.25, -0.2) is 0 Å². The van der Waals surface area contributed by atoms with Gasteiger partial charge in [-0.15, -0.1) is 0 Å². The lowest BCUT2D eigenvalue weighted by atomic mass is 9.78. The molecule has 0 heterocycles. The molecule has 1 N–H and O–H groups in total. The molecule has 2 saturated carbocycles. The van der Waals surface area contributed by atoms with E-state index in [1.54, 1.807) is 0 Å². The summed E-state index contributed by atoms with van der Waals surface area (Å²) >= 11 is 0. The third-order valence-corrected chi connectivity index (χ3v) is 5.42. The maximum absolute atomic E-state index is 12.7. The van der Waals surface area contributed by atoms with Crippen LogP contribution in [0, 0.1) is 23.7 Å². The fourth-order valence-corrected chi connectivity index (χ4v) is 4.38. The molecule has 2 bridgehead atoms. The van der Waals surface area contributed by atoms with E-state index < -0.39 is 17.8 Å². The van der Waals surface area contributed by atoms with E-state index in [1.165, 1.54) is 0 Å². The lowest BCUT2D eigenvalue weighted by Gasteiger charge is -2.32. The smallest absolute Gasteiger partial charge is 0.224 e. The Labute approximate surface area is 130 Å². The van der Waals surface area contributed by atoms with Crippen molar-refractivity contribution in [3.8, 4) is 0 Å². The standard InChI is InChI=1S/C18H23NO3/c1-2-14(11-6-4-3-5-7-11)19-17(20)15-12-8-9-13(10-12)16(15)18(21)22/h3-7,12-16H,2,8-10H2,1H3,(H,19,20)(H,21,22)/p-1/t12-,13-,14-,15-,16-/m0/s1. The molecule has 118 valence electrons. The van der Waals surface area contributed by atoms with Crippen LogP contribution in [0.15, 0.2) is 30.3 Å². The average Bonchev–Trinajstić information content (AvgIpc) is 3.14. The van der Waals surface area contributed by atoms with Crippen LogP contribution in [0.2, 0.25) is 0 Å². The number of carboxylic acids is 1. The van der Waals surface area contributed by atoms with Crippen molar-refractivity contribution in [2.45, 2.75) is 38.6 Å². The highest BCUT2D eigenvalue weighted by molar-refractivity contribution is 5.85. The first kappa shape index (κ1) is 15.1. The van der Waals surface area contributed by atoms with Crippen molar-refractivity contribution in [1.82, 2.24) is 5.32 Å². The van der Waals surface area contributed by atoms with Gasteiger partial charge in [-0.3, -0.25) is 4.79 Å². The minimum atomic E-state index is -1.06. The Kier molecular flexibility index (Phi) is 4.19. The van der Waals surface area contributed by atoms with Gasteiger partial charge in [-0.05, 0) is 43.1 Å². The summed E-state index contributed by atoms with van der Waals surface area (Å²) in [6.45, 7) is 2.02. The summed E-state index contributed by atoms with van der Waals surface area (Å²) in [6, 6.07) is 9.77. The van der Waals surface area contributed by atoms with E-state index in [0.717, 1.165) is 31.2 Å². The summed E-state index contributed by atoms with van der Waals surface area (Å²) in [5.41, 5.74) is 1.06. The predicted octanol–water partition coefficient (Wildman–Crippen LogP) is 1.67. The number of fused-ring (bicyclic) bond motifs is 2. The van der Waals surface area contributed by atoms with Gasteiger partial charge in [0.25, 0.3) is 0 Å². The molecule has 0 aromatic heterocycles. The molecule has 0 unspecified atom stereocenters. The number of nitrogens with one attached hydrogen (secondary N) is 1. The van der Waals surface area contributed by atoms with E-state index in [2.05, 4.69) is 5.32 Å². The molecule has 22 heavy (non-hydrogen) atoms. The second kappa shape index (κ2) is 6.11. The van der Waals surface area contributed by atoms with Crippen LogP contribution in [0.25, 0.3) is 0 Å². The number of benzene rings is 1. The Bertz CT molecular complexity index is 557. The largest absolute Gasteiger partial charge is 0.550 e. The number of carbonyl (C=O) groups excluding carboxylic acids is 2. The molecule has 3 rings (SSSR count). The summed E-state index contributed by atoms with van der Waals surface area (Å²) in [4.78, 5) is 24.1. The summed E-state index contributed by atoms with van der Waals surface area (Å²) in [5, 5.41) is 14.5. The van der Waals surface area contributed by atoms with E-state index >= 15 is 0 Å². The number of hydrogen-bond donors (Lipinski definition) is 1. The molecule has 0 radical (unpaired) electrons. The molecular weight excluding hydrogens is 278 g/mol. The van der Waals surface area contributed by atoms with Gasteiger partial charge < -0.3 is 15.2 Å². The Hall–Kier alpha value is -1.84. The van der Waals surface area contributed by atoms with Crippen molar-refractivity contribution in [2.24, 2.45) is 23.7 Å². The molecule has 4 nitrogen and oxygen atoms in total. The second-order valence-corrected chi connectivity index (χ2v) is 6.58. The lowest BCUT2D eigenvalue weighted by Crippen LogP contribution is -2.46. The van der Waals surface area contributed by atoms with Crippen LogP contribution in [-0.4, -0.2) is 11.9 Å². The zero-order valence-corrected chi connectivity index (χ0v) is 12.8. The Morgan fingerprint density at radius 3 is 2.41 bits per heavy atom. The van der Waals surface area contributed by atoms with E-state index in [9.17, 15) is 14.7 Å². The highest BCUT2D eigenvalue weighted by atomic mass is 16.4. The maximum Gasteiger partial charge on any atom is 0.224 e. The van der Waals surface area contributed by atoms with Gasteiger partial charge in [-0.2, -0.15) is 0 Å². The van der Waals surface area contributed by atoms with Gasteiger partial charge in [-0.1, -0.05) is 37.3 Å². The molecular formula is C18H22NO3-. The molecule has 1 aromatic carbocycles. The number of hydrogen-bond acceptors (Lipinski definition) is 3. The molecule has 1 amide bonds. The minimum absolute atomic E-state index is 0.0600. The number of rotatable bonds is 5. The van der Waals surface area contributed by atoms with Crippen molar-refractivity contribution < 1.29 is 14.7 Å². The number of carboxylic acid groups (broad SMARTS) is 1. The van der Waals surface area contributed by atoms with Crippen LogP contribution < -0.4 is 10.4 Å². The molecule has 0 saturated heterocycles. The van der Waals surface area contributed by atoms with Crippen LogP contribution in [0.4, 0.5) is 0 Å². The quantitative estimate of drug-likeness (QED) is 0.899. The number of carbonyl (C=O) groups is 2. The van der Waals surface area contributed by atoms with Gasteiger partial charge in [0.2, 0.25) is 5.91 Å². The van der Waals surface area contributed by atoms with Crippen molar-refractivity contribution in [1.29, 1.82) is 0 Å². The van der Waals surface area contributed by atoms with Crippen LogP contribution in [0.1, 0.15) is 44.2 Å². The van der Waals surface area contributed by atoms with Gasteiger partial charge >= 0.3 is 0 Å². The summed E-state index contributed by atoms with van der Waals surface area (Å²) in [5.74, 6) is -1.85. The molecule has 1 aromatic rings. The lowest BCUT2D eigenvalue weighted by molar-refractivity contribution is -0.314. The summed E-state index contributed by atoms with van der Waals surface area (Å²) in [6.07, 6.45) is 3.53. The van der Waals surface area contributed by atoms with Gasteiger partial charge in [0.05, 0.1) is 6.04 Å². The van der Waals surface area contributed by atoms with E-state index in [-0.39, 0.29) is 23.8 Å². The van der Waals surface area contributed by atoms with Crippen molar-refractivity contribution in [3.05, 3.63) is 35.9 Å². The number of amides is 1. The van der Waals surface area contributed by atoms with Crippen molar-refractivity contribution in [3.63, 3.8) is 0 Å². The van der Waals surface area contributed by atoms with Crippen LogP contribution in [-0.2, 0) is 9.59 Å². The topological polar surface area (TPSA) is 69.2 Å². The molecule has 2 aliphatic rings. The van der Waals surface area contributed by atoms with Crippen molar-refractivity contribution >= 4 is 11.9 Å². The predicted molar refractivity (Wildman–Crippen MR) is 80.4 cm³/mol. The first-order chi connectivity index (χ1) is 10.6. The highest BCUT2D eigenvalue weighted by Gasteiger charge is 2.51. The first-order valence-electron chi connectivity index (χ1n) is 8.18. The highest BCUT2D eigenvalue weighted by Crippen LogP contribution is 2.52. The molecule has 2 aliphatic carbocycles.